The van der Waals surface area contributed by atoms with Gasteiger partial charge < -0.3 is 19.3 Å². The highest BCUT2D eigenvalue weighted by molar-refractivity contribution is 5.92. The molecule has 128 valence electrons. The molecule has 0 aliphatic carbocycles. The highest BCUT2D eigenvalue weighted by Gasteiger charge is 2.18. The molecule has 1 amide bonds. The smallest absolute Gasteiger partial charge is 0.273 e. The fraction of sp³-hybridized carbons (Fsp3) is 0.444. The number of aromatic nitrogens is 1. The largest absolute Gasteiger partial charge is 0.494 e. The Morgan fingerprint density at radius 1 is 1.33 bits per heavy atom. The molecule has 2 aromatic rings. The second-order valence-electron chi connectivity index (χ2n) is 5.88. The Morgan fingerprint density at radius 3 is 3.00 bits per heavy atom. The zero-order valence-corrected chi connectivity index (χ0v) is 13.6. The summed E-state index contributed by atoms with van der Waals surface area (Å²) in [6, 6.07) is 11.4. The molecular weight excluding hydrogens is 308 g/mol. The number of hydrogen-bond donors (Lipinski definition) is 1. The van der Waals surface area contributed by atoms with Crippen molar-refractivity contribution < 1.29 is 18.8 Å². The van der Waals surface area contributed by atoms with Crippen LogP contribution in [0.25, 0.3) is 0 Å². The van der Waals surface area contributed by atoms with Crippen LogP contribution in [0, 0.1) is 5.92 Å². The number of aryl methyl sites for hydroxylation is 1. The maximum Gasteiger partial charge on any atom is 0.273 e. The predicted molar refractivity (Wildman–Crippen MR) is 88.0 cm³/mol. The van der Waals surface area contributed by atoms with Gasteiger partial charge in [-0.3, -0.25) is 4.79 Å². The Hall–Kier alpha value is -2.34. The molecule has 1 aliphatic heterocycles. The third kappa shape index (κ3) is 4.83. The number of ether oxygens (including phenoxy) is 2. The molecule has 1 N–H and O–H groups in total. The quantitative estimate of drug-likeness (QED) is 0.753. The van der Waals surface area contributed by atoms with Crippen molar-refractivity contribution in [3.05, 3.63) is 47.9 Å². The molecule has 1 unspecified atom stereocenters. The number of nitrogens with zero attached hydrogens (tertiary/aromatic N) is 1. The van der Waals surface area contributed by atoms with Gasteiger partial charge in [0.25, 0.3) is 5.91 Å². The molecule has 0 saturated carbocycles. The summed E-state index contributed by atoms with van der Waals surface area (Å²) < 4.78 is 16.1. The van der Waals surface area contributed by atoms with Gasteiger partial charge in [-0.15, -0.1) is 0 Å². The van der Waals surface area contributed by atoms with Crippen LogP contribution in [-0.2, 0) is 11.2 Å². The fourth-order valence-corrected chi connectivity index (χ4v) is 2.56. The first kappa shape index (κ1) is 16.5. The molecule has 0 bridgehead atoms. The van der Waals surface area contributed by atoms with Gasteiger partial charge in [0.2, 0.25) is 0 Å². The van der Waals surface area contributed by atoms with Crippen molar-refractivity contribution in [3.8, 4) is 5.75 Å². The van der Waals surface area contributed by atoms with Crippen molar-refractivity contribution in [2.45, 2.75) is 19.3 Å². The van der Waals surface area contributed by atoms with Gasteiger partial charge >= 0.3 is 0 Å². The van der Waals surface area contributed by atoms with Gasteiger partial charge in [-0.05, 0) is 25.0 Å². The van der Waals surface area contributed by atoms with E-state index in [0.717, 1.165) is 25.2 Å². The molecule has 0 radical (unpaired) electrons. The molecule has 1 aromatic heterocycles. The molecule has 0 spiro atoms. The maximum atomic E-state index is 12.0. The van der Waals surface area contributed by atoms with Crippen molar-refractivity contribution in [3.63, 3.8) is 0 Å². The lowest BCUT2D eigenvalue weighted by atomic mass is 10.1. The van der Waals surface area contributed by atoms with E-state index in [1.54, 1.807) is 6.07 Å². The van der Waals surface area contributed by atoms with Crippen LogP contribution in [0.2, 0.25) is 0 Å². The average Bonchev–Trinajstić information content (AvgIpc) is 3.29. The van der Waals surface area contributed by atoms with Crippen LogP contribution in [0.3, 0.4) is 0 Å². The third-order valence-electron chi connectivity index (χ3n) is 3.95. The molecule has 24 heavy (non-hydrogen) atoms. The predicted octanol–water partition coefficient (Wildman–Crippen LogP) is 2.45. The summed E-state index contributed by atoms with van der Waals surface area (Å²) in [6.07, 6.45) is 2.47. The Morgan fingerprint density at radius 2 is 2.21 bits per heavy atom. The van der Waals surface area contributed by atoms with Crippen LogP contribution in [-0.4, -0.2) is 37.4 Å². The van der Waals surface area contributed by atoms with Crippen molar-refractivity contribution in [1.82, 2.24) is 10.5 Å². The molecule has 1 aliphatic rings. The van der Waals surface area contributed by atoms with Gasteiger partial charge in [-0.1, -0.05) is 23.4 Å². The molecule has 6 nitrogen and oxygen atoms in total. The Balaban J connectivity index is 1.37. The third-order valence-corrected chi connectivity index (χ3v) is 3.95. The van der Waals surface area contributed by atoms with Crippen LogP contribution >= 0.6 is 0 Å². The number of rotatable bonds is 8. The molecular formula is C18H22N2O4. The molecule has 1 fully saturated rings. The van der Waals surface area contributed by atoms with Gasteiger partial charge in [-0.25, -0.2) is 0 Å². The topological polar surface area (TPSA) is 73.6 Å². The number of carbonyl (C=O) groups excluding carboxylic acids is 1. The summed E-state index contributed by atoms with van der Waals surface area (Å²) >= 11 is 0. The van der Waals surface area contributed by atoms with E-state index in [1.165, 1.54) is 0 Å². The first-order chi connectivity index (χ1) is 11.8. The highest BCUT2D eigenvalue weighted by atomic mass is 16.5. The van der Waals surface area contributed by atoms with E-state index in [2.05, 4.69) is 10.5 Å². The molecule has 6 heteroatoms. The summed E-state index contributed by atoms with van der Waals surface area (Å²) in [7, 11) is 0. The minimum atomic E-state index is -0.197. The van der Waals surface area contributed by atoms with E-state index in [-0.39, 0.29) is 5.91 Å². The van der Waals surface area contributed by atoms with E-state index in [0.29, 0.717) is 43.6 Å². The Kier molecular flexibility index (Phi) is 5.85. The zero-order chi connectivity index (χ0) is 16.6. The number of hydrogen-bond acceptors (Lipinski definition) is 5. The molecule has 3 rings (SSSR count). The lowest BCUT2D eigenvalue weighted by Gasteiger charge is -2.07. The standard InChI is InChI=1S/C18H22N2O4/c21-18(19-12-14-8-10-22-13-14)17-11-16(24-20-17)7-4-9-23-15-5-2-1-3-6-15/h1-3,5-6,11,14H,4,7-10,12-13H2,(H,19,21). The first-order valence-corrected chi connectivity index (χ1v) is 8.30. The second kappa shape index (κ2) is 8.49. The monoisotopic (exact) mass is 330 g/mol. The summed E-state index contributed by atoms with van der Waals surface area (Å²) in [4.78, 5) is 12.0. The normalized spacial score (nSPS) is 16.9. The number of carbonyl (C=O) groups is 1. The lowest BCUT2D eigenvalue weighted by Crippen LogP contribution is -2.29. The minimum absolute atomic E-state index is 0.197. The van der Waals surface area contributed by atoms with Crippen LogP contribution in [0.15, 0.2) is 40.9 Å². The summed E-state index contributed by atoms with van der Waals surface area (Å²) in [5.41, 5.74) is 0.327. The first-order valence-electron chi connectivity index (χ1n) is 8.30. The van der Waals surface area contributed by atoms with Crippen LogP contribution in [0.1, 0.15) is 29.1 Å². The Bertz CT molecular complexity index is 635. The van der Waals surface area contributed by atoms with Gasteiger partial charge in [0.1, 0.15) is 11.5 Å². The van der Waals surface area contributed by atoms with Crippen LogP contribution in [0.5, 0.6) is 5.75 Å². The number of amides is 1. The van der Waals surface area contributed by atoms with Crippen molar-refractivity contribution in [1.29, 1.82) is 0 Å². The van der Waals surface area contributed by atoms with Crippen molar-refractivity contribution in [2.24, 2.45) is 5.92 Å². The SMILES string of the molecule is O=C(NCC1CCOC1)c1cc(CCCOc2ccccc2)on1. The summed E-state index contributed by atoms with van der Waals surface area (Å²) in [5.74, 6) is 1.75. The number of para-hydroxylation sites is 1. The van der Waals surface area contributed by atoms with Gasteiger partial charge in [0.05, 0.1) is 13.2 Å². The lowest BCUT2D eigenvalue weighted by molar-refractivity contribution is 0.0936. The highest BCUT2D eigenvalue weighted by Crippen LogP contribution is 2.12. The second-order valence-corrected chi connectivity index (χ2v) is 5.88. The summed E-state index contributed by atoms with van der Waals surface area (Å²) in [5, 5.41) is 6.72. The van der Waals surface area contributed by atoms with E-state index in [1.807, 2.05) is 30.3 Å². The molecule has 1 atom stereocenters. The Labute approximate surface area is 141 Å². The van der Waals surface area contributed by atoms with Crippen molar-refractivity contribution >= 4 is 5.91 Å². The number of nitrogens with one attached hydrogen (secondary N) is 1. The number of benzene rings is 1. The molecule has 2 heterocycles. The molecule has 1 aromatic carbocycles. The minimum Gasteiger partial charge on any atom is -0.494 e. The van der Waals surface area contributed by atoms with E-state index in [9.17, 15) is 4.79 Å². The average molecular weight is 330 g/mol. The van der Waals surface area contributed by atoms with Gasteiger partial charge in [-0.2, -0.15) is 0 Å². The van der Waals surface area contributed by atoms with E-state index in [4.69, 9.17) is 14.0 Å². The van der Waals surface area contributed by atoms with E-state index < -0.39 is 0 Å². The zero-order valence-electron chi connectivity index (χ0n) is 13.6. The summed E-state index contributed by atoms with van der Waals surface area (Å²) in [6.45, 7) is 2.70. The van der Waals surface area contributed by atoms with Crippen LogP contribution < -0.4 is 10.1 Å². The van der Waals surface area contributed by atoms with Gasteiger partial charge in [0, 0.05) is 31.6 Å². The van der Waals surface area contributed by atoms with Gasteiger partial charge in [0.15, 0.2) is 5.69 Å². The van der Waals surface area contributed by atoms with Crippen LogP contribution in [0.4, 0.5) is 0 Å². The fourth-order valence-electron chi connectivity index (χ4n) is 2.56. The van der Waals surface area contributed by atoms with E-state index >= 15 is 0 Å². The molecule has 1 saturated heterocycles. The maximum absolute atomic E-state index is 12.0. The van der Waals surface area contributed by atoms with Crippen molar-refractivity contribution in [2.75, 3.05) is 26.4 Å².